The lowest BCUT2D eigenvalue weighted by molar-refractivity contribution is -0.137. The summed E-state index contributed by atoms with van der Waals surface area (Å²) in [6.45, 7) is 4.82. The fraction of sp³-hybridized carbons (Fsp3) is 0.222. The summed E-state index contributed by atoms with van der Waals surface area (Å²) in [7, 11) is 0. The van der Waals surface area contributed by atoms with Gasteiger partial charge in [-0.15, -0.1) is 0 Å². The second-order valence-electron chi connectivity index (χ2n) is 5.64. The Morgan fingerprint density at radius 2 is 1.64 bits per heavy atom. The van der Waals surface area contributed by atoms with Crippen LogP contribution in [0, 0.1) is 13.8 Å². The van der Waals surface area contributed by atoms with Gasteiger partial charge in [-0.2, -0.15) is 13.2 Å². The Morgan fingerprint density at radius 1 is 0.960 bits per heavy atom. The number of nitrogens with one attached hydrogen (secondary N) is 2. The molecular weight excluding hydrogens is 333 g/mol. The normalized spacial score (nSPS) is 11.1. The predicted molar refractivity (Wildman–Crippen MR) is 89.6 cm³/mol. The number of benzene rings is 2. The zero-order valence-corrected chi connectivity index (χ0v) is 13.9. The molecule has 0 spiro atoms. The van der Waals surface area contributed by atoms with Crippen molar-refractivity contribution in [2.24, 2.45) is 0 Å². The van der Waals surface area contributed by atoms with E-state index in [0.29, 0.717) is 5.56 Å². The van der Waals surface area contributed by atoms with Crippen LogP contribution in [0.3, 0.4) is 0 Å². The molecule has 2 aromatic rings. The van der Waals surface area contributed by atoms with Crippen molar-refractivity contribution < 1.29 is 22.8 Å². The van der Waals surface area contributed by atoms with E-state index in [4.69, 9.17) is 0 Å². The van der Waals surface area contributed by atoms with Crippen LogP contribution in [0.15, 0.2) is 36.4 Å². The molecule has 4 nitrogen and oxygen atoms in total. The molecule has 0 bridgehead atoms. The summed E-state index contributed by atoms with van der Waals surface area (Å²) in [4.78, 5) is 23.7. The number of amides is 2. The molecule has 0 aliphatic heterocycles. The molecule has 7 heteroatoms. The van der Waals surface area contributed by atoms with Gasteiger partial charge in [-0.1, -0.05) is 12.1 Å². The zero-order chi connectivity index (χ0) is 18.8. The first-order valence-corrected chi connectivity index (χ1v) is 7.46. The summed E-state index contributed by atoms with van der Waals surface area (Å²) in [6, 6.07) is 7.87. The largest absolute Gasteiger partial charge is 0.416 e. The topological polar surface area (TPSA) is 58.2 Å². The van der Waals surface area contributed by atoms with Crippen molar-refractivity contribution >= 4 is 23.2 Å². The minimum atomic E-state index is -4.56. The van der Waals surface area contributed by atoms with Gasteiger partial charge in [0.15, 0.2) is 0 Å². The third kappa shape index (κ3) is 4.37. The number of hydrogen-bond acceptors (Lipinski definition) is 2. The minimum Gasteiger partial charge on any atom is -0.325 e. The van der Waals surface area contributed by atoms with E-state index in [0.717, 1.165) is 29.3 Å². The molecule has 0 heterocycles. The van der Waals surface area contributed by atoms with Gasteiger partial charge in [0.25, 0.3) is 5.91 Å². The van der Waals surface area contributed by atoms with Gasteiger partial charge in [0, 0.05) is 12.5 Å². The van der Waals surface area contributed by atoms with Gasteiger partial charge in [-0.05, 0) is 49.2 Å². The fourth-order valence-electron chi connectivity index (χ4n) is 2.31. The molecular formula is C18H17F3N2O2. The molecule has 132 valence electrons. The summed E-state index contributed by atoms with van der Waals surface area (Å²) >= 11 is 0. The Labute approximate surface area is 143 Å². The second-order valence-corrected chi connectivity index (χ2v) is 5.64. The van der Waals surface area contributed by atoms with E-state index in [1.54, 1.807) is 19.1 Å². The van der Waals surface area contributed by atoms with Crippen LogP contribution in [0.2, 0.25) is 0 Å². The molecule has 0 aliphatic rings. The smallest absolute Gasteiger partial charge is 0.325 e. The van der Waals surface area contributed by atoms with Crippen LogP contribution in [0.5, 0.6) is 0 Å². The number of alkyl halides is 3. The Kier molecular flexibility index (Phi) is 5.15. The SMILES string of the molecule is CC(=O)Nc1ccc(C(F)(F)F)cc1NC(=O)c1cccc(C)c1C. The fourth-order valence-corrected chi connectivity index (χ4v) is 2.31. The summed E-state index contributed by atoms with van der Waals surface area (Å²) in [5, 5.41) is 4.87. The summed E-state index contributed by atoms with van der Waals surface area (Å²) in [5.74, 6) is -1.01. The van der Waals surface area contributed by atoms with E-state index in [-0.39, 0.29) is 11.4 Å². The summed E-state index contributed by atoms with van der Waals surface area (Å²) in [5.41, 5.74) is 1.03. The van der Waals surface area contributed by atoms with Crippen molar-refractivity contribution in [1.82, 2.24) is 0 Å². The van der Waals surface area contributed by atoms with Crippen molar-refractivity contribution in [2.45, 2.75) is 26.9 Å². The van der Waals surface area contributed by atoms with Crippen molar-refractivity contribution in [1.29, 1.82) is 0 Å². The monoisotopic (exact) mass is 350 g/mol. The quantitative estimate of drug-likeness (QED) is 0.854. The Bertz CT molecular complexity index is 830. The van der Waals surface area contributed by atoms with Crippen LogP contribution in [0.25, 0.3) is 0 Å². The highest BCUT2D eigenvalue weighted by molar-refractivity contribution is 6.08. The number of rotatable bonds is 3. The first-order valence-electron chi connectivity index (χ1n) is 7.46. The molecule has 2 rings (SSSR count). The molecule has 25 heavy (non-hydrogen) atoms. The molecule has 0 radical (unpaired) electrons. The summed E-state index contributed by atoms with van der Waals surface area (Å²) in [6.07, 6.45) is -4.56. The van der Waals surface area contributed by atoms with E-state index in [1.165, 1.54) is 6.92 Å². The van der Waals surface area contributed by atoms with E-state index in [2.05, 4.69) is 10.6 Å². The van der Waals surface area contributed by atoms with Gasteiger partial charge >= 0.3 is 6.18 Å². The minimum absolute atomic E-state index is 0.0964. The highest BCUT2D eigenvalue weighted by Crippen LogP contribution is 2.34. The van der Waals surface area contributed by atoms with E-state index in [9.17, 15) is 22.8 Å². The molecule has 2 aromatic carbocycles. The molecule has 0 saturated carbocycles. The molecule has 2 N–H and O–H groups in total. The van der Waals surface area contributed by atoms with E-state index in [1.807, 2.05) is 13.0 Å². The maximum Gasteiger partial charge on any atom is 0.416 e. The van der Waals surface area contributed by atoms with Crippen LogP contribution in [-0.2, 0) is 11.0 Å². The van der Waals surface area contributed by atoms with Gasteiger partial charge in [0.2, 0.25) is 5.91 Å². The number of aryl methyl sites for hydroxylation is 1. The van der Waals surface area contributed by atoms with Crippen molar-refractivity contribution in [3.8, 4) is 0 Å². The average molecular weight is 350 g/mol. The molecule has 2 amide bonds. The van der Waals surface area contributed by atoms with Gasteiger partial charge < -0.3 is 10.6 Å². The van der Waals surface area contributed by atoms with Gasteiger partial charge in [0.1, 0.15) is 0 Å². The first-order chi connectivity index (χ1) is 11.6. The lowest BCUT2D eigenvalue weighted by Gasteiger charge is -2.16. The zero-order valence-electron chi connectivity index (χ0n) is 13.9. The van der Waals surface area contributed by atoms with Gasteiger partial charge in [0.05, 0.1) is 16.9 Å². The average Bonchev–Trinajstić information content (AvgIpc) is 2.50. The Morgan fingerprint density at radius 3 is 2.24 bits per heavy atom. The van der Waals surface area contributed by atoms with Crippen LogP contribution >= 0.6 is 0 Å². The highest BCUT2D eigenvalue weighted by atomic mass is 19.4. The highest BCUT2D eigenvalue weighted by Gasteiger charge is 2.31. The number of carbonyl (C=O) groups excluding carboxylic acids is 2. The maximum atomic E-state index is 12.9. The van der Waals surface area contributed by atoms with Crippen LogP contribution < -0.4 is 10.6 Å². The van der Waals surface area contributed by atoms with E-state index < -0.39 is 23.6 Å². The van der Waals surface area contributed by atoms with Gasteiger partial charge in [-0.3, -0.25) is 9.59 Å². The van der Waals surface area contributed by atoms with Crippen molar-refractivity contribution in [2.75, 3.05) is 10.6 Å². The van der Waals surface area contributed by atoms with Crippen molar-refractivity contribution in [3.63, 3.8) is 0 Å². The first kappa shape index (κ1) is 18.5. The second kappa shape index (κ2) is 6.96. The predicted octanol–water partition coefficient (Wildman–Crippen LogP) is 4.53. The Hall–Kier alpha value is -2.83. The standard InChI is InChI=1S/C18H17F3N2O2/c1-10-5-4-6-14(11(10)2)17(25)23-16-9-13(18(19,20)21)7-8-15(16)22-12(3)24/h4-9H,1-3H3,(H,22,24)(H,23,25). The number of carbonyl (C=O) groups is 2. The van der Waals surface area contributed by atoms with Crippen LogP contribution in [-0.4, -0.2) is 11.8 Å². The van der Waals surface area contributed by atoms with E-state index >= 15 is 0 Å². The number of anilines is 2. The number of halogens is 3. The van der Waals surface area contributed by atoms with Crippen LogP contribution in [0.1, 0.15) is 34.0 Å². The third-order valence-electron chi connectivity index (χ3n) is 3.76. The third-order valence-corrected chi connectivity index (χ3v) is 3.76. The lowest BCUT2D eigenvalue weighted by atomic mass is 10.0. The van der Waals surface area contributed by atoms with Crippen molar-refractivity contribution in [3.05, 3.63) is 58.7 Å². The molecule has 0 atom stereocenters. The molecule has 0 fully saturated rings. The molecule has 0 aliphatic carbocycles. The van der Waals surface area contributed by atoms with Gasteiger partial charge in [-0.25, -0.2) is 0 Å². The number of hydrogen-bond donors (Lipinski definition) is 2. The van der Waals surface area contributed by atoms with Crippen LogP contribution in [0.4, 0.5) is 24.5 Å². The molecule has 0 unspecified atom stereocenters. The molecule has 0 aromatic heterocycles. The Balaban J connectivity index is 2.43. The lowest BCUT2D eigenvalue weighted by Crippen LogP contribution is -2.17. The molecule has 0 saturated heterocycles. The maximum absolute atomic E-state index is 12.9. The summed E-state index contributed by atoms with van der Waals surface area (Å²) < 4.78 is 38.8.